The molecule has 1 aromatic carbocycles. The summed E-state index contributed by atoms with van der Waals surface area (Å²) in [6.07, 6.45) is 0.219. The van der Waals surface area contributed by atoms with Gasteiger partial charge in [-0.1, -0.05) is 12.1 Å². The maximum absolute atomic E-state index is 11.9. The van der Waals surface area contributed by atoms with Crippen LogP contribution in [0.2, 0.25) is 0 Å². The normalized spacial score (nSPS) is 10.1. The SMILES string of the molecule is NC(=O)c1ccsc1NC(=O)Cc1ccc(N)cc1. The van der Waals surface area contributed by atoms with Crippen molar-refractivity contribution < 1.29 is 9.59 Å². The van der Waals surface area contributed by atoms with Gasteiger partial charge in [-0.05, 0) is 29.1 Å². The fraction of sp³-hybridized carbons (Fsp3) is 0.0769. The fourth-order valence-corrected chi connectivity index (χ4v) is 2.40. The second kappa shape index (κ2) is 5.53. The number of carbonyl (C=O) groups excluding carboxylic acids is 2. The number of nitrogens with one attached hydrogen (secondary N) is 1. The molecule has 0 saturated carbocycles. The van der Waals surface area contributed by atoms with E-state index in [4.69, 9.17) is 11.5 Å². The molecule has 0 atom stereocenters. The van der Waals surface area contributed by atoms with Crippen LogP contribution in [-0.2, 0) is 11.2 Å². The minimum absolute atomic E-state index is 0.199. The number of anilines is 2. The van der Waals surface area contributed by atoms with Crippen molar-refractivity contribution in [2.45, 2.75) is 6.42 Å². The van der Waals surface area contributed by atoms with Crippen molar-refractivity contribution in [1.82, 2.24) is 0 Å². The molecule has 0 aliphatic heterocycles. The average Bonchev–Trinajstić information content (AvgIpc) is 2.80. The molecule has 0 aliphatic rings. The molecule has 0 spiro atoms. The minimum atomic E-state index is -0.552. The third-order valence-corrected chi connectivity index (χ3v) is 3.36. The Morgan fingerprint density at radius 2 is 1.84 bits per heavy atom. The molecule has 0 saturated heterocycles. The number of amides is 2. The molecule has 2 aromatic rings. The first-order valence-corrected chi connectivity index (χ1v) is 6.46. The van der Waals surface area contributed by atoms with E-state index in [0.29, 0.717) is 16.3 Å². The zero-order chi connectivity index (χ0) is 13.8. The zero-order valence-electron chi connectivity index (χ0n) is 10.1. The van der Waals surface area contributed by atoms with Gasteiger partial charge in [-0.15, -0.1) is 11.3 Å². The Bertz CT molecular complexity index is 605. The summed E-state index contributed by atoms with van der Waals surface area (Å²) in [5.41, 5.74) is 12.6. The van der Waals surface area contributed by atoms with Gasteiger partial charge in [-0.25, -0.2) is 0 Å². The van der Waals surface area contributed by atoms with Crippen LogP contribution in [0.4, 0.5) is 10.7 Å². The van der Waals surface area contributed by atoms with Crippen LogP contribution in [0.25, 0.3) is 0 Å². The van der Waals surface area contributed by atoms with Gasteiger partial charge >= 0.3 is 0 Å². The number of nitrogens with two attached hydrogens (primary N) is 2. The van der Waals surface area contributed by atoms with Gasteiger partial charge in [-0.3, -0.25) is 9.59 Å². The van der Waals surface area contributed by atoms with Crippen molar-refractivity contribution in [1.29, 1.82) is 0 Å². The van der Waals surface area contributed by atoms with E-state index in [-0.39, 0.29) is 12.3 Å². The first-order valence-electron chi connectivity index (χ1n) is 5.58. The molecule has 0 unspecified atom stereocenters. The van der Waals surface area contributed by atoms with Crippen LogP contribution in [0.15, 0.2) is 35.7 Å². The predicted molar refractivity (Wildman–Crippen MR) is 76.0 cm³/mol. The summed E-state index contributed by atoms with van der Waals surface area (Å²) in [7, 11) is 0. The Kier molecular flexibility index (Phi) is 3.82. The van der Waals surface area contributed by atoms with Crippen LogP contribution < -0.4 is 16.8 Å². The van der Waals surface area contributed by atoms with Crippen molar-refractivity contribution >= 4 is 33.8 Å². The average molecular weight is 275 g/mol. The molecule has 1 aromatic heterocycles. The third kappa shape index (κ3) is 3.32. The predicted octanol–water partition coefficient (Wildman–Crippen LogP) is 1.61. The van der Waals surface area contributed by atoms with Crippen LogP contribution in [0.3, 0.4) is 0 Å². The largest absolute Gasteiger partial charge is 0.399 e. The number of benzene rings is 1. The standard InChI is InChI=1S/C13H13N3O2S/c14-9-3-1-8(2-4-9)7-11(17)16-13-10(12(15)18)5-6-19-13/h1-6H,7,14H2,(H2,15,18)(H,16,17). The Labute approximate surface area is 114 Å². The van der Waals surface area contributed by atoms with Crippen LogP contribution in [0.5, 0.6) is 0 Å². The van der Waals surface area contributed by atoms with Crippen LogP contribution in [0.1, 0.15) is 15.9 Å². The second-order valence-corrected chi connectivity index (χ2v) is 4.91. The van der Waals surface area contributed by atoms with Crippen molar-refractivity contribution in [3.05, 3.63) is 46.8 Å². The Morgan fingerprint density at radius 1 is 1.16 bits per heavy atom. The molecule has 0 radical (unpaired) electrons. The highest BCUT2D eigenvalue weighted by molar-refractivity contribution is 7.14. The summed E-state index contributed by atoms with van der Waals surface area (Å²) in [6, 6.07) is 8.65. The molecular weight excluding hydrogens is 262 g/mol. The number of rotatable bonds is 4. The summed E-state index contributed by atoms with van der Waals surface area (Å²) < 4.78 is 0. The molecule has 2 rings (SSSR count). The van der Waals surface area contributed by atoms with Crippen LogP contribution >= 0.6 is 11.3 Å². The molecule has 5 N–H and O–H groups in total. The second-order valence-electron chi connectivity index (χ2n) is 3.99. The van der Waals surface area contributed by atoms with E-state index in [1.165, 1.54) is 11.3 Å². The van der Waals surface area contributed by atoms with E-state index in [1.54, 1.807) is 35.7 Å². The third-order valence-electron chi connectivity index (χ3n) is 2.53. The molecule has 2 amide bonds. The molecule has 98 valence electrons. The summed E-state index contributed by atoms with van der Waals surface area (Å²) in [4.78, 5) is 23.0. The van der Waals surface area contributed by atoms with Gasteiger partial charge in [0.15, 0.2) is 0 Å². The minimum Gasteiger partial charge on any atom is -0.399 e. The highest BCUT2D eigenvalue weighted by Crippen LogP contribution is 2.22. The molecule has 0 bridgehead atoms. The first-order chi connectivity index (χ1) is 9.06. The molecule has 19 heavy (non-hydrogen) atoms. The Balaban J connectivity index is 2.03. The number of carbonyl (C=O) groups is 2. The lowest BCUT2D eigenvalue weighted by molar-refractivity contribution is -0.115. The lowest BCUT2D eigenvalue weighted by Gasteiger charge is -2.05. The first kappa shape index (κ1) is 13.1. The van der Waals surface area contributed by atoms with Crippen LogP contribution in [-0.4, -0.2) is 11.8 Å². The number of primary amides is 1. The maximum Gasteiger partial charge on any atom is 0.251 e. The monoisotopic (exact) mass is 275 g/mol. The number of hydrogen-bond donors (Lipinski definition) is 3. The summed E-state index contributed by atoms with van der Waals surface area (Å²) in [5, 5.41) is 4.87. The van der Waals surface area contributed by atoms with E-state index in [0.717, 1.165) is 5.56 Å². The quantitative estimate of drug-likeness (QED) is 0.739. The zero-order valence-corrected chi connectivity index (χ0v) is 10.9. The van der Waals surface area contributed by atoms with Crippen molar-refractivity contribution in [3.63, 3.8) is 0 Å². The van der Waals surface area contributed by atoms with Gasteiger partial charge in [-0.2, -0.15) is 0 Å². The number of nitrogen functional groups attached to an aromatic ring is 1. The van der Waals surface area contributed by atoms with Crippen LogP contribution in [0, 0.1) is 0 Å². The van der Waals surface area contributed by atoms with E-state index in [1.807, 2.05) is 0 Å². The fourth-order valence-electron chi connectivity index (χ4n) is 1.59. The molecule has 1 heterocycles. The summed E-state index contributed by atoms with van der Waals surface area (Å²) in [6.45, 7) is 0. The van der Waals surface area contributed by atoms with Gasteiger partial charge in [0.2, 0.25) is 5.91 Å². The highest BCUT2D eigenvalue weighted by atomic mass is 32.1. The van der Waals surface area contributed by atoms with Gasteiger partial charge in [0.1, 0.15) is 5.00 Å². The topological polar surface area (TPSA) is 98.2 Å². The molecule has 6 heteroatoms. The molecule has 5 nitrogen and oxygen atoms in total. The van der Waals surface area contributed by atoms with E-state index in [9.17, 15) is 9.59 Å². The van der Waals surface area contributed by atoms with E-state index in [2.05, 4.69) is 5.32 Å². The number of hydrogen-bond acceptors (Lipinski definition) is 4. The molecule has 0 aliphatic carbocycles. The van der Waals surface area contributed by atoms with Gasteiger partial charge in [0.25, 0.3) is 5.91 Å². The highest BCUT2D eigenvalue weighted by Gasteiger charge is 2.12. The molecular formula is C13H13N3O2S. The van der Waals surface area contributed by atoms with Crippen molar-refractivity contribution in [2.24, 2.45) is 5.73 Å². The van der Waals surface area contributed by atoms with Gasteiger partial charge in [0.05, 0.1) is 12.0 Å². The summed E-state index contributed by atoms with van der Waals surface area (Å²) in [5.74, 6) is -0.751. The van der Waals surface area contributed by atoms with E-state index >= 15 is 0 Å². The number of thiophene rings is 1. The van der Waals surface area contributed by atoms with E-state index < -0.39 is 5.91 Å². The van der Waals surface area contributed by atoms with Gasteiger partial charge in [0, 0.05) is 5.69 Å². The lowest BCUT2D eigenvalue weighted by atomic mass is 10.1. The van der Waals surface area contributed by atoms with Crippen molar-refractivity contribution in [2.75, 3.05) is 11.1 Å². The maximum atomic E-state index is 11.9. The summed E-state index contributed by atoms with van der Waals surface area (Å²) >= 11 is 1.27. The molecule has 0 fully saturated rings. The lowest BCUT2D eigenvalue weighted by Crippen LogP contribution is -2.17. The van der Waals surface area contributed by atoms with Crippen molar-refractivity contribution in [3.8, 4) is 0 Å². The van der Waals surface area contributed by atoms with Gasteiger partial charge < -0.3 is 16.8 Å². The Morgan fingerprint density at radius 3 is 2.47 bits per heavy atom. The smallest absolute Gasteiger partial charge is 0.251 e. The Hall–Kier alpha value is -2.34.